The maximum absolute atomic E-state index is 12.4. The van der Waals surface area contributed by atoms with Crippen molar-refractivity contribution in [3.63, 3.8) is 0 Å². The van der Waals surface area contributed by atoms with Gasteiger partial charge in [0.25, 0.3) is 0 Å². The summed E-state index contributed by atoms with van der Waals surface area (Å²) in [5.74, 6) is -3.08. The van der Waals surface area contributed by atoms with Crippen molar-refractivity contribution in [3.8, 4) is 0 Å². The smallest absolute Gasteiger partial charge is 0.243 e. The highest BCUT2D eigenvalue weighted by molar-refractivity contribution is 8.77. The Bertz CT molecular complexity index is 871. The molecule has 0 aromatic carbocycles. The molecule has 0 fully saturated rings. The molecule has 0 aliphatic carbocycles. The summed E-state index contributed by atoms with van der Waals surface area (Å²) >= 11 is 0. The van der Waals surface area contributed by atoms with E-state index in [1.54, 1.807) is 41.7 Å². The fraction of sp³-hybridized carbons (Fsp3) is 0.682. The Balaban J connectivity index is 4.90. The number of amides is 6. The van der Waals surface area contributed by atoms with Crippen LogP contribution in [0.15, 0.2) is 0 Å². The lowest BCUT2D eigenvalue weighted by atomic mass is 10.0. The Hall–Kier alpha value is -2.85. The fourth-order valence-electron chi connectivity index (χ4n) is 2.88. The minimum Gasteiger partial charge on any atom is -0.368 e. The normalized spacial score (nSPS) is 13.7. The number of hydrogen-bond acceptors (Lipinski definition) is 10. The molecule has 2 unspecified atom stereocenters. The van der Waals surface area contributed by atoms with Crippen molar-refractivity contribution in [1.29, 1.82) is 0 Å². The van der Waals surface area contributed by atoms with E-state index in [1.807, 2.05) is 0 Å². The Morgan fingerprint density at radius 1 is 0.842 bits per heavy atom. The summed E-state index contributed by atoms with van der Waals surface area (Å²) in [6.07, 6.45) is 1.34. The molecule has 0 aliphatic heterocycles. The van der Waals surface area contributed by atoms with E-state index < -0.39 is 64.3 Å². The van der Waals surface area contributed by atoms with E-state index in [0.29, 0.717) is 19.1 Å². The van der Waals surface area contributed by atoms with E-state index in [2.05, 4.69) is 31.9 Å². The second-order valence-corrected chi connectivity index (χ2v) is 12.7. The number of nitrogens with one attached hydrogen (secondary N) is 6. The third-order valence-electron chi connectivity index (χ3n) is 5.16. The van der Waals surface area contributed by atoms with Gasteiger partial charge >= 0.3 is 0 Å². The van der Waals surface area contributed by atoms with Gasteiger partial charge in [-0.05, 0) is 41.2 Å². The highest BCUT2D eigenvalue weighted by Crippen LogP contribution is 2.46. The molecule has 6 amide bonds. The van der Waals surface area contributed by atoms with Crippen molar-refractivity contribution in [2.45, 2.75) is 68.7 Å². The first-order chi connectivity index (χ1) is 17.6. The van der Waals surface area contributed by atoms with Crippen molar-refractivity contribution in [1.82, 2.24) is 31.9 Å². The van der Waals surface area contributed by atoms with Crippen LogP contribution in [0.5, 0.6) is 0 Å². The largest absolute Gasteiger partial charge is 0.368 e. The molecule has 0 rings (SSSR count). The van der Waals surface area contributed by atoms with Gasteiger partial charge in [-0.15, -0.1) is 0 Å². The summed E-state index contributed by atoms with van der Waals surface area (Å²) in [4.78, 5) is 82.6. The van der Waals surface area contributed by atoms with Crippen molar-refractivity contribution in [2.75, 3.05) is 26.7 Å². The van der Waals surface area contributed by atoms with Crippen LogP contribution >= 0.6 is 21.6 Å². The molecule has 16 heteroatoms. The standard InChI is InChI=1S/C22H39N7O7S2/c1-7-13(28-16(33)8-24-6)20(36)26-9-15(32)25-10-17(34)29-18(19(23)35)22(4,5)38-37-21(2,3)14(11-30)27-12-31/h11-14,18,24H,7-10H2,1-6H3,(H2,23,35)(H,25,32)(H,26,36)(H,27,31)(H,28,33)(H,29,34)/t13-,14?,18?/m0/s1. The van der Waals surface area contributed by atoms with Gasteiger partial charge in [0.1, 0.15) is 18.4 Å². The number of carbonyl (C=O) groups is 7. The summed E-state index contributed by atoms with van der Waals surface area (Å²) < 4.78 is -1.69. The fourth-order valence-corrected chi connectivity index (χ4v) is 5.70. The van der Waals surface area contributed by atoms with Crippen molar-refractivity contribution in [3.05, 3.63) is 0 Å². The van der Waals surface area contributed by atoms with E-state index in [9.17, 15) is 33.6 Å². The first-order valence-corrected chi connectivity index (χ1v) is 13.9. The molecule has 0 saturated carbocycles. The summed E-state index contributed by atoms with van der Waals surface area (Å²) in [6, 6.07) is -2.75. The number of carbonyl (C=O) groups excluding carboxylic acids is 7. The first-order valence-electron chi connectivity index (χ1n) is 11.7. The van der Waals surface area contributed by atoms with Crippen LogP contribution in [0.25, 0.3) is 0 Å². The lowest BCUT2D eigenvalue weighted by Crippen LogP contribution is -2.57. The molecule has 0 aromatic heterocycles. The Kier molecular flexibility index (Phi) is 15.6. The van der Waals surface area contributed by atoms with Gasteiger partial charge < -0.3 is 42.4 Å². The molecule has 0 bridgehead atoms. The molecule has 0 radical (unpaired) electrons. The van der Waals surface area contributed by atoms with Crippen LogP contribution in [0.3, 0.4) is 0 Å². The van der Waals surface area contributed by atoms with Crippen LogP contribution in [0.1, 0.15) is 41.0 Å². The Labute approximate surface area is 230 Å². The molecule has 0 spiro atoms. The molecule has 38 heavy (non-hydrogen) atoms. The predicted octanol–water partition coefficient (Wildman–Crippen LogP) is -2.44. The van der Waals surface area contributed by atoms with Crippen molar-refractivity contribution >= 4 is 63.8 Å². The summed E-state index contributed by atoms with van der Waals surface area (Å²) in [5, 5.41) is 14.8. The zero-order chi connectivity index (χ0) is 29.5. The monoisotopic (exact) mass is 577 g/mol. The Morgan fingerprint density at radius 2 is 1.39 bits per heavy atom. The number of primary amides is 1. The van der Waals surface area contributed by atoms with Crippen LogP contribution in [0.4, 0.5) is 0 Å². The van der Waals surface area contributed by atoms with E-state index in [-0.39, 0.29) is 12.5 Å². The van der Waals surface area contributed by atoms with Gasteiger partial charge in [0.15, 0.2) is 0 Å². The Morgan fingerprint density at radius 3 is 1.89 bits per heavy atom. The van der Waals surface area contributed by atoms with Crippen LogP contribution in [-0.4, -0.2) is 96.5 Å². The maximum Gasteiger partial charge on any atom is 0.243 e. The molecule has 8 N–H and O–H groups in total. The summed E-state index contributed by atoms with van der Waals surface area (Å²) in [5.41, 5.74) is 5.52. The van der Waals surface area contributed by atoms with Crippen LogP contribution in [0, 0.1) is 0 Å². The van der Waals surface area contributed by atoms with Gasteiger partial charge in [-0.25, -0.2) is 0 Å². The summed E-state index contributed by atoms with van der Waals surface area (Å²) in [7, 11) is 4.02. The molecular formula is C22H39N7O7S2. The molecule has 0 heterocycles. The highest BCUT2D eigenvalue weighted by atomic mass is 33.1. The van der Waals surface area contributed by atoms with Crippen molar-refractivity contribution in [2.24, 2.45) is 5.73 Å². The second-order valence-electron chi connectivity index (χ2n) is 9.23. The second kappa shape index (κ2) is 16.9. The molecule has 216 valence electrons. The number of aldehydes is 1. The van der Waals surface area contributed by atoms with Gasteiger partial charge in [0.2, 0.25) is 35.9 Å². The predicted molar refractivity (Wildman–Crippen MR) is 146 cm³/mol. The van der Waals surface area contributed by atoms with Crippen LogP contribution in [0.2, 0.25) is 0 Å². The van der Waals surface area contributed by atoms with Gasteiger partial charge in [0, 0.05) is 9.49 Å². The molecule has 0 saturated heterocycles. The summed E-state index contributed by atoms with van der Waals surface area (Å²) in [6.45, 7) is 7.65. The maximum atomic E-state index is 12.4. The first kappa shape index (κ1) is 35.2. The van der Waals surface area contributed by atoms with Gasteiger partial charge in [-0.2, -0.15) is 0 Å². The lowest BCUT2D eigenvalue weighted by Gasteiger charge is -2.36. The number of likely N-dealkylation sites (N-methyl/N-ethyl adjacent to an activating group) is 1. The molecule has 0 aromatic rings. The van der Waals surface area contributed by atoms with Gasteiger partial charge in [0.05, 0.1) is 25.7 Å². The number of rotatable bonds is 19. The van der Waals surface area contributed by atoms with Crippen LogP contribution in [-0.2, 0) is 33.6 Å². The number of hydrogen-bond donors (Lipinski definition) is 7. The highest BCUT2D eigenvalue weighted by Gasteiger charge is 2.39. The van der Waals surface area contributed by atoms with Crippen molar-refractivity contribution < 1.29 is 33.6 Å². The van der Waals surface area contributed by atoms with E-state index in [4.69, 9.17) is 5.73 Å². The topological polar surface area (TPSA) is 218 Å². The molecule has 3 atom stereocenters. The van der Waals surface area contributed by atoms with E-state index in [0.717, 1.165) is 0 Å². The minimum absolute atomic E-state index is 0.0358. The van der Waals surface area contributed by atoms with Gasteiger partial charge in [-0.3, -0.25) is 28.8 Å². The minimum atomic E-state index is -1.14. The molecular weight excluding hydrogens is 538 g/mol. The average molecular weight is 578 g/mol. The van der Waals surface area contributed by atoms with Crippen LogP contribution < -0.4 is 37.6 Å². The number of nitrogens with two attached hydrogens (primary N) is 1. The quantitative estimate of drug-likeness (QED) is 0.0635. The SMILES string of the molecule is CC[C@H](NC(=O)CNC)C(=O)NCC(=O)NCC(=O)NC(C(N)=O)C(C)(C)SSC(C)(C)C(C=O)NC=O. The lowest BCUT2D eigenvalue weighted by molar-refractivity contribution is -0.131. The molecule has 14 nitrogen and oxygen atoms in total. The average Bonchev–Trinajstić information content (AvgIpc) is 2.84. The third-order valence-corrected chi connectivity index (χ3v) is 9.41. The zero-order valence-corrected chi connectivity index (χ0v) is 24.1. The van der Waals surface area contributed by atoms with E-state index >= 15 is 0 Å². The van der Waals surface area contributed by atoms with Gasteiger partial charge in [-0.1, -0.05) is 28.5 Å². The molecule has 0 aliphatic rings. The zero-order valence-electron chi connectivity index (χ0n) is 22.5. The third kappa shape index (κ3) is 12.6. The van der Waals surface area contributed by atoms with E-state index in [1.165, 1.54) is 21.6 Å².